The predicted octanol–water partition coefficient (Wildman–Crippen LogP) is 3.54. The van der Waals surface area contributed by atoms with Gasteiger partial charge in [-0.25, -0.2) is 0 Å². The summed E-state index contributed by atoms with van der Waals surface area (Å²) in [5.41, 5.74) is 0. The summed E-state index contributed by atoms with van der Waals surface area (Å²) in [6, 6.07) is 0. The second kappa shape index (κ2) is 8.54. The van der Waals surface area contributed by atoms with Crippen LogP contribution < -0.4 is 0 Å². The number of rotatable bonds is 7. The van der Waals surface area contributed by atoms with Crippen molar-refractivity contribution in [2.75, 3.05) is 19.6 Å². The van der Waals surface area contributed by atoms with Crippen LogP contribution >= 0.6 is 0 Å². The molecule has 1 unspecified atom stereocenters. The van der Waals surface area contributed by atoms with Crippen molar-refractivity contribution in [2.24, 2.45) is 5.92 Å². The van der Waals surface area contributed by atoms with Gasteiger partial charge in [-0.05, 0) is 44.8 Å². The third kappa shape index (κ3) is 4.91. The molecule has 1 aliphatic heterocycles. The van der Waals surface area contributed by atoms with Crippen LogP contribution in [0.5, 0.6) is 0 Å². The highest BCUT2D eigenvalue weighted by atomic mass is 27.2. The van der Waals surface area contributed by atoms with Crippen LogP contribution in [0.1, 0.15) is 47.0 Å². The van der Waals surface area contributed by atoms with Gasteiger partial charge in [-0.3, -0.25) is 0 Å². The Morgan fingerprint density at radius 3 is 2.12 bits per heavy atom. The van der Waals surface area contributed by atoms with Gasteiger partial charge in [0.2, 0.25) is 0 Å². The van der Waals surface area contributed by atoms with E-state index in [9.17, 15) is 0 Å². The van der Waals surface area contributed by atoms with Gasteiger partial charge < -0.3 is 8.69 Å². The van der Waals surface area contributed by atoms with Crippen molar-refractivity contribution in [3.05, 3.63) is 0 Å². The molecule has 17 heavy (non-hydrogen) atoms. The fraction of sp³-hybridized carbons (Fsp3) is 1.00. The van der Waals surface area contributed by atoms with Crippen LogP contribution in [-0.4, -0.2) is 45.1 Å². The molecule has 1 fully saturated rings. The summed E-state index contributed by atoms with van der Waals surface area (Å²) in [7, 11) is 0. The Morgan fingerprint density at radius 1 is 1.12 bits per heavy atom. The molecule has 1 heterocycles. The van der Waals surface area contributed by atoms with Gasteiger partial charge in [0.25, 0.3) is 0 Å². The lowest BCUT2D eigenvalue weighted by Gasteiger charge is -2.36. The third-order valence-corrected chi connectivity index (χ3v) is 6.84. The zero-order valence-electron chi connectivity index (χ0n) is 12.2. The summed E-state index contributed by atoms with van der Waals surface area (Å²) in [4.78, 5) is 2.57. The van der Waals surface area contributed by atoms with Crippen LogP contribution in [0.15, 0.2) is 0 Å². The standard InChI is InChI=1S/C10H20NO.2C2H5.Al/c1-3-10(12)9-5-7-11(4-2)8-6-9;2*1-2;/h9-10H,3-8H2,1-2H3;2*1H2,2H3;/q-1;;;+1. The molecular weight excluding hydrogens is 225 g/mol. The summed E-state index contributed by atoms with van der Waals surface area (Å²) in [5.74, 6) is 0.830. The van der Waals surface area contributed by atoms with Crippen molar-refractivity contribution in [3.63, 3.8) is 0 Å². The lowest BCUT2D eigenvalue weighted by atomic mass is 9.90. The number of piperidine rings is 1. The Bertz CT molecular complexity index is 189. The minimum Gasteiger partial charge on any atom is -0.498 e. The average Bonchev–Trinajstić information content (AvgIpc) is 2.40. The van der Waals surface area contributed by atoms with E-state index in [1.807, 2.05) is 0 Å². The predicted molar refractivity (Wildman–Crippen MR) is 76.7 cm³/mol. The molecule has 100 valence electrons. The van der Waals surface area contributed by atoms with Crippen LogP contribution in [0, 0.1) is 5.92 Å². The van der Waals surface area contributed by atoms with Gasteiger partial charge in [0.1, 0.15) is 0 Å². The average molecular weight is 255 g/mol. The fourth-order valence-corrected chi connectivity index (χ4v) is 4.78. The van der Waals surface area contributed by atoms with E-state index >= 15 is 0 Å². The molecule has 0 aliphatic carbocycles. The summed E-state index contributed by atoms with van der Waals surface area (Å²) < 4.78 is 6.43. The molecule has 2 nitrogen and oxygen atoms in total. The lowest BCUT2D eigenvalue weighted by Crippen LogP contribution is -2.40. The van der Waals surface area contributed by atoms with Crippen molar-refractivity contribution in [1.82, 2.24) is 4.90 Å². The van der Waals surface area contributed by atoms with Crippen LogP contribution in [0.2, 0.25) is 10.6 Å². The van der Waals surface area contributed by atoms with Gasteiger partial charge in [-0.1, -0.05) is 38.3 Å². The Morgan fingerprint density at radius 2 is 1.71 bits per heavy atom. The Balaban J connectivity index is 2.40. The first-order valence-electron chi connectivity index (χ1n) is 7.62. The minimum absolute atomic E-state index is 0.561. The van der Waals surface area contributed by atoms with Crippen molar-refractivity contribution in [2.45, 2.75) is 63.6 Å². The van der Waals surface area contributed by atoms with Crippen molar-refractivity contribution in [1.29, 1.82) is 0 Å². The second-order valence-electron chi connectivity index (χ2n) is 5.29. The van der Waals surface area contributed by atoms with Crippen molar-refractivity contribution >= 4 is 14.5 Å². The van der Waals surface area contributed by atoms with Gasteiger partial charge in [0.15, 0.2) is 0 Å². The molecular formula is C14H30AlNO. The monoisotopic (exact) mass is 255 g/mol. The van der Waals surface area contributed by atoms with Crippen molar-refractivity contribution < 1.29 is 3.79 Å². The molecule has 0 N–H and O–H groups in total. The maximum Gasteiger partial charge on any atom is 0.460 e. The smallest absolute Gasteiger partial charge is 0.460 e. The maximum atomic E-state index is 6.43. The quantitative estimate of drug-likeness (QED) is 0.645. The minimum atomic E-state index is -0.875. The van der Waals surface area contributed by atoms with E-state index in [0.717, 1.165) is 5.92 Å². The molecule has 0 spiro atoms. The Hall–Kier alpha value is 0.452. The zero-order chi connectivity index (χ0) is 12.7. The lowest BCUT2D eigenvalue weighted by molar-refractivity contribution is 0.0741. The zero-order valence-corrected chi connectivity index (χ0v) is 13.4. The second-order valence-corrected chi connectivity index (χ2v) is 8.44. The van der Waals surface area contributed by atoms with E-state index < -0.39 is 14.5 Å². The first-order valence-corrected chi connectivity index (χ1v) is 9.73. The molecule has 1 atom stereocenters. The Kier molecular flexibility index (Phi) is 7.79. The molecule has 1 rings (SSSR count). The number of hydrogen-bond donors (Lipinski definition) is 0. The molecule has 0 radical (unpaired) electrons. The fourth-order valence-electron chi connectivity index (χ4n) is 2.91. The van der Waals surface area contributed by atoms with Gasteiger partial charge in [0.05, 0.1) is 0 Å². The summed E-state index contributed by atoms with van der Waals surface area (Å²) in [6.45, 7) is 12.9. The van der Waals surface area contributed by atoms with Crippen LogP contribution in [0.25, 0.3) is 0 Å². The van der Waals surface area contributed by atoms with Gasteiger partial charge in [-0.15, -0.1) is 0 Å². The van der Waals surface area contributed by atoms with Gasteiger partial charge in [-0.2, -0.15) is 0 Å². The normalized spacial score (nSPS) is 20.5. The van der Waals surface area contributed by atoms with Crippen LogP contribution in [0.4, 0.5) is 0 Å². The molecule has 0 saturated carbocycles. The van der Waals surface area contributed by atoms with Gasteiger partial charge in [0, 0.05) is 6.10 Å². The Labute approximate surface area is 112 Å². The molecule has 0 aromatic rings. The van der Waals surface area contributed by atoms with E-state index in [1.54, 1.807) is 0 Å². The van der Waals surface area contributed by atoms with E-state index in [1.165, 1.54) is 49.5 Å². The topological polar surface area (TPSA) is 12.5 Å². The molecule has 0 bridgehead atoms. The number of nitrogens with zero attached hydrogens (tertiary/aromatic N) is 1. The molecule has 1 saturated heterocycles. The molecule has 0 aromatic carbocycles. The first-order chi connectivity index (χ1) is 8.24. The molecule has 0 amide bonds. The summed E-state index contributed by atoms with van der Waals surface area (Å²) >= 11 is -0.875. The largest absolute Gasteiger partial charge is 0.498 e. The van der Waals surface area contributed by atoms with E-state index in [-0.39, 0.29) is 0 Å². The molecule has 3 heteroatoms. The van der Waals surface area contributed by atoms with Crippen molar-refractivity contribution in [3.8, 4) is 0 Å². The van der Waals surface area contributed by atoms with E-state index in [0.29, 0.717) is 6.10 Å². The maximum absolute atomic E-state index is 6.43. The summed E-state index contributed by atoms with van der Waals surface area (Å²) in [5, 5.41) is 2.58. The first kappa shape index (κ1) is 15.5. The third-order valence-electron chi connectivity index (χ3n) is 4.29. The van der Waals surface area contributed by atoms with Gasteiger partial charge >= 0.3 is 14.5 Å². The van der Waals surface area contributed by atoms with E-state index in [4.69, 9.17) is 3.79 Å². The number of hydrogen-bond acceptors (Lipinski definition) is 2. The number of likely N-dealkylation sites (tertiary alicyclic amines) is 1. The van der Waals surface area contributed by atoms with Crippen LogP contribution in [0.3, 0.4) is 0 Å². The molecule has 1 aliphatic rings. The summed E-state index contributed by atoms with van der Waals surface area (Å²) in [6.07, 6.45) is 4.47. The molecule has 0 aromatic heterocycles. The van der Waals surface area contributed by atoms with Crippen LogP contribution in [-0.2, 0) is 3.79 Å². The van der Waals surface area contributed by atoms with E-state index in [2.05, 4.69) is 32.6 Å². The highest BCUT2D eigenvalue weighted by Gasteiger charge is 2.28. The SMILES string of the molecule is CCC([O][Al]([CH2]C)[CH2]C)C1CCN(CC)CC1. The highest BCUT2D eigenvalue weighted by molar-refractivity contribution is 6.51. The highest BCUT2D eigenvalue weighted by Crippen LogP contribution is 2.25.